The number of hydrogen-bond acceptors (Lipinski definition) is 2. The highest BCUT2D eigenvalue weighted by Gasteiger charge is 2.06. The second-order valence-electron chi connectivity index (χ2n) is 3.81. The molecule has 0 fully saturated rings. The molecular weight excluding hydrogens is 212 g/mol. The molecule has 1 unspecified atom stereocenters. The second-order valence-corrected chi connectivity index (χ2v) is 5.13. The Hall–Kier alpha value is 0.0400. The highest BCUT2D eigenvalue weighted by atomic mass is 32.2. The summed E-state index contributed by atoms with van der Waals surface area (Å²) in [5.41, 5.74) is 0. The third kappa shape index (κ3) is 7.44. The molecule has 0 radical (unpaired) electrons. The zero-order chi connectivity index (χ0) is 11.0. The molecule has 0 aliphatic rings. The summed E-state index contributed by atoms with van der Waals surface area (Å²) in [5, 5.41) is 7.33. The Kier molecular flexibility index (Phi) is 8.38. The third-order valence-electron chi connectivity index (χ3n) is 1.87. The van der Waals surface area contributed by atoms with Crippen molar-refractivity contribution in [2.24, 2.45) is 5.92 Å². The van der Waals surface area contributed by atoms with Crippen LogP contribution in [0.4, 0.5) is 0 Å². The Morgan fingerprint density at radius 3 is 2.50 bits per heavy atom. The van der Waals surface area contributed by atoms with Gasteiger partial charge in [0.05, 0.1) is 0 Å². The molecule has 4 heteroatoms. The first-order chi connectivity index (χ1) is 6.60. The predicted octanol–water partition coefficient (Wildman–Crippen LogP) is 2.25. The molecule has 0 aromatic heterocycles. The van der Waals surface area contributed by atoms with Gasteiger partial charge in [-0.15, -0.1) is 0 Å². The molecule has 2 N–H and O–H groups in total. The van der Waals surface area contributed by atoms with Crippen LogP contribution in [0.2, 0.25) is 0 Å². The lowest BCUT2D eigenvalue weighted by Gasteiger charge is -2.19. The van der Waals surface area contributed by atoms with Crippen molar-refractivity contribution < 1.29 is 0 Å². The van der Waals surface area contributed by atoms with Crippen LogP contribution < -0.4 is 10.6 Å². The molecule has 0 aromatic rings. The number of rotatable bonds is 6. The van der Waals surface area contributed by atoms with E-state index in [0.717, 1.165) is 23.8 Å². The summed E-state index contributed by atoms with van der Waals surface area (Å²) >= 11 is 7.05. The minimum atomic E-state index is 0.497. The van der Waals surface area contributed by atoms with Gasteiger partial charge in [0.25, 0.3) is 0 Å². The van der Waals surface area contributed by atoms with Gasteiger partial charge in [0.1, 0.15) is 0 Å². The molecule has 0 amide bonds. The summed E-state index contributed by atoms with van der Waals surface area (Å²) < 4.78 is 0. The van der Waals surface area contributed by atoms with E-state index in [1.54, 1.807) is 0 Å². The van der Waals surface area contributed by atoms with E-state index >= 15 is 0 Å². The number of hydrogen-bond donors (Lipinski definition) is 2. The maximum Gasteiger partial charge on any atom is 0.166 e. The van der Waals surface area contributed by atoms with E-state index in [-0.39, 0.29) is 0 Å². The van der Waals surface area contributed by atoms with E-state index < -0.39 is 0 Å². The third-order valence-corrected chi connectivity index (χ3v) is 2.86. The lowest BCUT2D eigenvalue weighted by atomic mass is 10.2. The first kappa shape index (κ1) is 14.0. The zero-order valence-electron chi connectivity index (χ0n) is 9.59. The van der Waals surface area contributed by atoms with Crippen LogP contribution in [-0.2, 0) is 0 Å². The van der Waals surface area contributed by atoms with Gasteiger partial charge in [-0.05, 0) is 30.8 Å². The molecule has 0 rings (SSSR count). The van der Waals surface area contributed by atoms with Crippen molar-refractivity contribution in [3.8, 4) is 0 Å². The van der Waals surface area contributed by atoms with E-state index in [2.05, 4.69) is 37.7 Å². The maximum atomic E-state index is 5.20. The molecule has 0 saturated heterocycles. The van der Waals surface area contributed by atoms with Gasteiger partial charge in [0, 0.05) is 18.3 Å². The molecular formula is C10H22N2S2. The van der Waals surface area contributed by atoms with Crippen molar-refractivity contribution in [3.63, 3.8) is 0 Å². The van der Waals surface area contributed by atoms with Crippen LogP contribution in [0.15, 0.2) is 0 Å². The summed E-state index contributed by atoms with van der Waals surface area (Å²) in [6.07, 6.45) is 3.24. The maximum absolute atomic E-state index is 5.20. The van der Waals surface area contributed by atoms with Gasteiger partial charge in [-0.25, -0.2) is 0 Å². The minimum absolute atomic E-state index is 0.497. The fraction of sp³-hybridized carbons (Fsp3) is 0.900. The molecule has 1 atom stereocenters. The fourth-order valence-electron chi connectivity index (χ4n) is 0.996. The smallest absolute Gasteiger partial charge is 0.166 e. The van der Waals surface area contributed by atoms with Crippen LogP contribution in [0.1, 0.15) is 27.2 Å². The zero-order valence-corrected chi connectivity index (χ0v) is 11.2. The summed E-state index contributed by atoms with van der Waals surface area (Å²) in [5.74, 6) is 1.75. The highest BCUT2D eigenvalue weighted by molar-refractivity contribution is 7.98. The average Bonchev–Trinajstić information content (AvgIpc) is 2.14. The van der Waals surface area contributed by atoms with Crippen molar-refractivity contribution in [1.29, 1.82) is 0 Å². The van der Waals surface area contributed by atoms with Crippen LogP contribution in [0, 0.1) is 5.92 Å². The van der Waals surface area contributed by atoms with Crippen molar-refractivity contribution in [3.05, 3.63) is 0 Å². The average molecular weight is 234 g/mol. The molecule has 0 aromatic carbocycles. The molecule has 0 aliphatic heterocycles. The second kappa shape index (κ2) is 8.36. The lowest BCUT2D eigenvalue weighted by Crippen LogP contribution is -2.43. The lowest BCUT2D eigenvalue weighted by molar-refractivity contribution is 0.598. The number of nitrogens with one attached hydrogen (secondary N) is 2. The first-order valence-corrected chi connectivity index (χ1v) is 6.93. The molecule has 0 saturated carbocycles. The largest absolute Gasteiger partial charge is 0.362 e. The fourth-order valence-corrected chi connectivity index (χ4v) is 1.97. The Morgan fingerprint density at radius 2 is 2.07 bits per heavy atom. The molecule has 84 valence electrons. The number of thioether (sulfide) groups is 1. The Labute approximate surface area is 97.6 Å². The standard InChI is InChI=1S/C10H22N2S2/c1-5-9(7-14-4)12-10(13)11-6-8(2)3/h8-9H,5-7H2,1-4H3,(H2,11,12,13). The monoisotopic (exact) mass is 234 g/mol. The normalized spacial score (nSPS) is 12.6. The van der Waals surface area contributed by atoms with Crippen LogP contribution in [0.5, 0.6) is 0 Å². The minimum Gasteiger partial charge on any atom is -0.362 e. The molecule has 0 spiro atoms. The molecule has 0 bridgehead atoms. The van der Waals surface area contributed by atoms with E-state index in [1.165, 1.54) is 0 Å². The first-order valence-electron chi connectivity index (χ1n) is 5.13. The SMILES string of the molecule is CCC(CSC)NC(=S)NCC(C)C. The van der Waals surface area contributed by atoms with Crippen molar-refractivity contribution >= 4 is 29.1 Å². The molecule has 14 heavy (non-hydrogen) atoms. The van der Waals surface area contributed by atoms with E-state index in [0.29, 0.717) is 12.0 Å². The summed E-state index contributed by atoms with van der Waals surface area (Å²) in [4.78, 5) is 0. The summed E-state index contributed by atoms with van der Waals surface area (Å²) in [7, 11) is 0. The van der Waals surface area contributed by atoms with Gasteiger partial charge in [0.15, 0.2) is 5.11 Å². The van der Waals surface area contributed by atoms with Crippen molar-refractivity contribution in [2.75, 3.05) is 18.6 Å². The van der Waals surface area contributed by atoms with E-state index in [1.807, 2.05) is 11.8 Å². The highest BCUT2D eigenvalue weighted by Crippen LogP contribution is 2.00. The van der Waals surface area contributed by atoms with Gasteiger partial charge in [0.2, 0.25) is 0 Å². The summed E-state index contributed by atoms with van der Waals surface area (Å²) in [6, 6.07) is 0.497. The van der Waals surface area contributed by atoms with Gasteiger partial charge < -0.3 is 10.6 Å². The van der Waals surface area contributed by atoms with Crippen LogP contribution in [0.3, 0.4) is 0 Å². The summed E-state index contributed by atoms with van der Waals surface area (Å²) in [6.45, 7) is 7.48. The topological polar surface area (TPSA) is 24.1 Å². The van der Waals surface area contributed by atoms with Crippen LogP contribution in [0.25, 0.3) is 0 Å². The number of thiocarbonyl (C=S) groups is 1. The van der Waals surface area contributed by atoms with Gasteiger partial charge in [-0.1, -0.05) is 20.8 Å². The van der Waals surface area contributed by atoms with Gasteiger partial charge in [-0.3, -0.25) is 0 Å². The predicted molar refractivity (Wildman–Crippen MR) is 71.0 cm³/mol. The quantitative estimate of drug-likeness (QED) is 0.688. The van der Waals surface area contributed by atoms with E-state index in [4.69, 9.17) is 12.2 Å². The van der Waals surface area contributed by atoms with Crippen molar-refractivity contribution in [1.82, 2.24) is 10.6 Å². The van der Waals surface area contributed by atoms with E-state index in [9.17, 15) is 0 Å². The van der Waals surface area contributed by atoms with Gasteiger partial charge >= 0.3 is 0 Å². The molecule has 0 heterocycles. The molecule has 2 nitrogen and oxygen atoms in total. The van der Waals surface area contributed by atoms with Crippen LogP contribution >= 0.6 is 24.0 Å². The van der Waals surface area contributed by atoms with Crippen LogP contribution in [-0.4, -0.2) is 29.7 Å². The van der Waals surface area contributed by atoms with Crippen molar-refractivity contribution in [2.45, 2.75) is 33.2 Å². The Morgan fingerprint density at radius 1 is 1.43 bits per heavy atom. The van der Waals surface area contributed by atoms with Gasteiger partial charge in [-0.2, -0.15) is 11.8 Å². The Bertz CT molecular complexity index is 160. The molecule has 0 aliphatic carbocycles. The Balaban J connectivity index is 3.67.